The van der Waals surface area contributed by atoms with Crippen molar-refractivity contribution in [2.45, 2.75) is 12.8 Å². The average Bonchev–Trinajstić information content (AvgIpc) is 2.39. The van der Waals surface area contributed by atoms with E-state index < -0.39 is 5.91 Å². The van der Waals surface area contributed by atoms with Crippen LogP contribution in [0, 0.1) is 5.92 Å². The van der Waals surface area contributed by atoms with Crippen molar-refractivity contribution >= 4 is 17.3 Å². The van der Waals surface area contributed by atoms with Crippen molar-refractivity contribution in [3.8, 4) is 0 Å². The monoisotopic (exact) mass is 263 g/mol. The Morgan fingerprint density at radius 1 is 1.53 bits per heavy atom. The fourth-order valence-electron chi connectivity index (χ4n) is 2.54. The number of benzene rings is 1. The van der Waals surface area contributed by atoms with Gasteiger partial charge in [0.1, 0.15) is 0 Å². The van der Waals surface area contributed by atoms with Gasteiger partial charge >= 0.3 is 0 Å². The summed E-state index contributed by atoms with van der Waals surface area (Å²) in [6, 6.07) is 5.36. The molecule has 0 aliphatic carbocycles. The molecular weight excluding hydrogens is 242 g/mol. The summed E-state index contributed by atoms with van der Waals surface area (Å²) in [5, 5.41) is 0. The summed E-state index contributed by atoms with van der Waals surface area (Å²) in [5.74, 6) is 0.0177. The van der Waals surface area contributed by atoms with E-state index in [4.69, 9.17) is 16.2 Å². The molecular formula is C14H21N3O2. The normalized spacial score (nSPS) is 19.1. The fourth-order valence-corrected chi connectivity index (χ4v) is 2.54. The zero-order valence-electron chi connectivity index (χ0n) is 11.3. The summed E-state index contributed by atoms with van der Waals surface area (Å²) in [6.07, 6.45) is 2.27. The van der Waals surface area contributed by atoms with Gasteiger partial charge in [0.2, 0.25) is 0 Å². The van der Waals surface area contributed by atoms with Crippen LogP contribution in [0.1, 0.15) is 23.2 Å². The number of hydrogen-bond donors (Lipinski definition) is 2. The van der Waals surface area contributed by atoms with Gasteiger partial charge in [-0.05, 0) is 30.9 Å². The van der Waals surface area contributed by atoms with Gasteiger partial charge < -0.3 is 21.1 Å². The summed E-state index contributed by atoms with van der Waals surface area (Å²) in [7, 11) is 1.98. The van der Waals surface area contributed by atoms with Crippen molar-refractivity contribution in [3.63, 3.8) is 0 Å². The van der Waals surface area contributed by atoms with E-state index in [0.29, 0.717) is 17.2 Å². The van der Waals surface area contributed by atoms with Gasteiger partial charge in [-0.3, -0.25) is 4.79 Å². The zero-order valence-corrected chi connectivity index (χ0v) is 11.3. The van der Waals surface area contributed by atoms with Crippen LogP contribution in [0.3, 0.4) is 0 Å². The van der Waals surface area contributed by atoms with E-state index in [1.807, 2.05) is 13.1 Å². The van der Waals surface area contributed by atoms with Crippen LogP contribution in [0.25, 0.3) is 0 Å². The summed E-state index contributed by atoms with van der Waals surface area (Å²) < 4.78 is 5.48. The minimum absolute atomic E-state index is 0.379. The molecule has 4 N–H and O–H groups in total. The Bertz CT molecular complexity index is 456. The van der Waals surface area contributed by atoms with Crippen molar-refractivity contribution < 1.29 is 9.53 Å². The predicted molar refractivity (Wildman–Crippen MR) is 76.2 cm³/mol. The molecule has 19 heavy (non-hydrogen) atoms. The third-order valence-electron chi connectivity index (χ3n) is 3.55. The van der Waals surface area contributed by atoms with Crippen molar-refractivity contribution in [1.82, 2.24) is 0 Å². The van der Waals surface area contributed by atoms with Gasteiger partial charge in [0.05, 0.1) is 23.5 Å². The molecule has 1 fully saturated rings. The first-order valence-corrected chi connectivity index (χ1v) is 6.56. The molecule has 0 spiro atoms. The van der Waals surface area contributed by atoms with Crippen molar-refractivity contribution in [2.75, 3.05) is 37.4 Å². The first-order chi connectivity index (χ1) is 9.09. The molecule has 104 valence electrons. The van der Waals surface area contributed by atoms with E-state index in [-0.39, 0.29) is 0 Å². The average molecular weight is 263 g/mol. The Morgan fingerprint density at radius 2 is 2.32 bits per heavy atom. The molecule has 0 radical (unpaired) electrons. The van der Waals surface area contributed by atoms with Gasteiger partial charge in [-0.25, -0.2) is 0 Å². The molecule has 1 aromatic carbocycles. The lowest BCUT2D eigenvalue weighted by Gasteiger charge is -2.29. The van der Waals surface area contributed by atoms with E-state index in [0.717, 1.165) is 31.9 Å². The van der Waals surface area contributed by atoms with E-state index in [1.54, 1.807) is 12.1 Å². The molecule has 1 aromatic rings. The number of carbonyl (C=O) groups excluding carboxylic acids is 1. The highest BCUT2D eigenvalue weighted by atomic mass is 16.5. The second kappa shape index (κ2) is 5.93. The molecule has 1 aliphatic heterocycles. The molecule has 1 atom stereocenters. The minimum atomic E-state index is -0.492. The van der Waals surface area contributed by atoms with Crippen LogP contribution in [0.5, 0.6) is 0 Å². The maximum absolute atomic E-state index is 11.3. The van der Waals surface area contributed by atoms with Crippen LogP contribution in [-0.4, -0.2) is 32.7 Å². The van der Waals surface area contributed by atoms with Crippen molar-refractivity contribution in [2.24, 2.45) is 11.7 Å². The largest absolute Gasteiger partial charge is 0.396 e. The fraction of sp³-hybridized carbons (Fsp3) is 0.500. The van der Waals surface area contributed by atoms with Crippen LogP contribution in [0.4, 0.5) is 11.4 Å². The van der Waals surface area contributed by atoms with Gasteiger partial charge in [0.25, 0.3) is 5.91 Å². The molecule has 1 heterocycles. The Balaban J connectivity index is 2.12. The van der Waals surface area contributed by atoms with Gasteiger partial charge in [-0.15, -0.1) is 0 Å². The van der Waals surface area contributed by atoms with Gasteiger partial charge in [-0.1, -0.05) is 6.07 Å². The quantitative estimate of drug-likeness (QED) is 0.801. The number of amides is 1. The molecule has 2 rings (SSSR count). The summed E-state index contributed by atoms with van der Waals surface area (Å²) in [4.78, 5) is 13.4. The standard InChI is InChI=1S/C14H21N3O2/c1-17(8-10-4-3-7-19-9-10)12-6-2-5-11(13(12)15)14(16)18/h2,5-6,10H,3-4,7-9,15H2,1H3,(H2,16,18). The Hall–Kier alpha value is -1.75. The van der Waals surface area contributed by atoms with Crippen LogP contribution < -0.4 is 16.4 Å². The number of primary amides is 1. The maximum Gasteiger partial charge on any atom is 0.250 e. The topological polar surface area (TPSA) is 81.6 Å². The lowest BCUT2D eigenvalue weighted by Crippen LogP contribution is -2.31. The molecule has 5 nitrogen and oxygen atoms in total. The number of nitrogens with zero attached hydrogens (tertiary/aromatic N) is 1. The van der Waals surface area contributed by atoms with E-state index in [9.17, 15) is 4.79 Å². The first-order valence-electron chi connectivity index (χ1n) is 6.56. The molecule has 0 saturated carbocycles. The lowest BCUT2D eigenvalue weighted by molar-refractivity contribution is 0.0576. The summed E-state index contributed by atoms with van der Waals surface area (Å²) in [6.45, 7) is 2.52. The molecule has 1 saturated heterocycles. The Kier molecular flexibility index (Phi) is 4.27. The van der Waals surface area contributed by atoms with Crippen molar-refractivity contribution in [3.05, 3.63) is 23.8 Å². The number of carbonyl (C=O) groups is 1. The van der Waals surface area contributed by atoms with Crippen LogP contribution in [0.2, 0.25) is 0 Å². The van der Waals surface area contributed by atoms with Crippen LogP contribution in [-0.2, 0) is 4.74 Å². The first kappa shape index (κ1) is 13.7. The SMILES string of the molecule is CN(CC1CCCOC1)c1cccc(C(N)=O)c1N. The number of hydrogen-bond acceptors (Lipinski definition) is 4. The zero-order chi connectivity index (χ0) is 13.8. The van der Waals surface area contributed by atoms with Crippen molar-refractivity contribution in [1.29, 1.82) is 0 Å². The summed E-state index contributed by atoms with van der Waals surface area (Å²) >= 11 is 0. The number of nitrogens with two attached hydrogens (primary N) is 2. The molecule has 1 unspecified atom stereocenters. The molecule has 1 amide bonds. The Morgan fingerprint density at radius 3 is 2.95 bits per heavy atom. The smallest absolute Gasteiger partial charge is 0.250 e. The number of anilines is 2. The Labute approximate surface area is 113 Å². The number of ether oxygens (including phenoxy) is 1. The number of para-hydroxylation sites is 1. The van der Waals surface area contributed by atoms with Crippen LogP contribution in [0.15, 0.2) is 18.2 Å². The molecule has 0 aromatic heterocycles. The summed E-state index contributed by atoms with van der Waals surface area (Å²) in [5.41, 5.74) is 13.0. The highest BCUT2D eigenvalue weighted by Crippen LogP contribution is 2.27. The minimum Gasteiger partial charge on any atom is -0.396 e. The third-order valence-corrected chi connectivity index (χ3v) is 3.55. The second-order valence-corrected chi connectivity index (χ2v) is 5.07. The molecule has 5 heteroatoms. The van der Waals surface area contributed by atoms with Crippen LogP contribution >= 0.6 is 0 Å². The van der Waals surface area contributed by atoms with E-state index in [2.05, 4.69) is 4.90 Å². The molecule has 0 bridgehead atoms. The number of rotatable bonds is 4. The van der Waals surface area contributed by atoms with Gasteiger partial charge in [0, 0.05) is 20.2 Å². The third kappa shape index (κ3) is 3.17. The second-order valence-electron chi connectivity index (χ2n) is 5.07. The lowest BCUT2D eigenvalue weighted by atomic mass is 10.0. The maximum atomic E-state index is 11.3. The highest BCUT2D eigenvalue weighted by molar-refractivity contribution is 6.00. The van der Waals surface area contributed by atoms with Gasteiger partial charge in [-0.2, -0.15) is 0 Å². The number of nitrogen functional groups attached to an aromatic ring is 1. The van der Waals surface area contributed by atoms with E-state index in [1.165, 1.54) is 6.42 Å². The molecule has 1 aliphatic rings. The predicted octanol–water partition coefficient (Wildman–Crippen LogP) is 1.23. The van der Waals surface area contributed by atoms with Gasteiger partial charge in [0.15, 0.2) is 0 Å². The highest BCUT2D eigenvalue weighted by Gasteiger charge is 2.18. The van der Waals surface area contributed by atoms with E-state index >= 15 is 0 Å².